The first kappa shape index (κ1) is 8.84. The zero-order valence-corrected chi connectivity index (χ0v) is 7.52. The molecule has 0 aromatic heterocycles. The average molecular weight is 182 g/mol. The van der Waals surface area contributed by atoms with E-state index in [-0.39, 0.29) is 0 Å². The number of nitrogens with two attached hydrogens (primary N) is 1. The normalized spacial score (nSPS) is 14.8. The Morgan fingerprint density at radius 2 is 2.25 bits per heavy atom. The van der Waals surface area contributed by atoms with Crippen LogP contribution >= 0.6 is 0 Å². The standard InChI is InChI=1S/C8H10N2OS/c1-12(10,6-11)8-4-2-3-7(9)5-8/h2-5,10H,9H2,1H3. The first-order valence-electron chi connectivity index (χ1n) is 3.33. The molecule has 1 atom stereocenters. The van der Waals surface area contributed by atoms with Crippen LogP contribution in [0.5, 0.6) is 0 Å². The topological polar surface area (TPSA) is 66.9 Å². The summed E-state index contributed by atoms with van der Waals surface area (Å²) < 4.78 is 7.62. The lowest BCUT2D eigenvalue weighted by Crippen LogP contribution is -1.97. The molecule has 4 heteroatoms. The fraction of sp³-hybridized carbons (Fsp3) is 0.125. The Hall–Kier alpha value is -1.25. The molecule has 3 nitrogen and oxygen atoms in total. The molecule has 0 fully saturated rings. The number of anilines is 1. The van der Waals surface area contributed by atoms with Crippen molar-refractivity contribution in [2.24, 2.45) is 0 Å². The molecule has 0 saturated heterocycles. The first-order valence-corrected chi connectivity index (χ1v) is 5.38. The van der Waals surface area contributed by atoms with Gasteiger partial charge in [-0.05, 0) is 27.6 Å². The van der Waals surface area contributed by atoms with Gasteiger partial charge in [-0.15, -0.1) is 0 Å². The number of hydrogen-bond donors (Lipinski definition) is 2. The van der Waals surface area contributed by atoms with Gasteiger partial charge in [0.15, 0.2) is 5.23 Å². The summed E-state index contributed by atoms with van der Waals surface area (Å²) in [4.78, 5) is 11.1. The molecule has 1 aromatic rings. The molecule has 64 valence electrons. The highest BCUT2D eigenvalue weighted by Gasteiger charge is 1.99. The van der Waals surface area contributed by atoms with Crippen molar-refractivity contribution in [3.05, 3.63) is 24.3 Å². The highest BCUT2D eigenvalue weighted by molar-refractivity contribution is 8.01. The summed E-state index contributed by atoms with van der Waals surface area (Å²) >= 11 is 0. The number of benzene rings is 1. The molecule has 1 unspecified atom stereocenters. The molecule has 1 rings (SSSR count). The van der Waals surface area contributed by atoms with Gasteiger partial charge in [-0.2, -0.15) is 0 Å². The lowest BCUT2D eigenvalue weighted by atomic mass is 10.3. The molecular formula is C8H10N2OS. The van der Waals surface area contributed by atoms with Crippen molar-refractivity contribution in [1.29, 1.82) is 4.78 Å². The summed E-state index contributed by atoms with van der Waals surface area (Å²) in [5.74, 6) is 0. The van der Waals surface area contributed by atoms with Crippen molar-refractivity contribution < 1.29 is 4.79 Å². The van der Waals surface area contributed by atoms with Crippen LogP contribution in [0.1, 0.15) is 0 Å². The van der Waals surface area contributed by atoms with Gasteiger partial charge in [0, 0.05) is 16.8 Å². The van der Waals surface area contributed by atoms with Gasteiger partial charge >= 0.3 is 0 Å². The van der Waals surface area contributed by atoms with Crippen LogP contribution in [0.2, 0.25) is 0 Å². The van der Waals surface area contributed by atoms with Crippen LogP contribution in [0, 0.1) is 4.78 Å². The molecule has 0 bridgehead atoms. The van der Waals surface area contributed by atoms with Gasteiger partial charge in [0.2, 0.25) is 0 Å². The quantitative estimate of drug-likeness (QED) is 0.507. The third kappa shape index (κ3) is 1.67. The van der Waals surface area contributed by atoms with Crippen LogP contribution in [-0.2, 0) is 14.2 Å². The maximum absolute atomic E-state index is 10.4. The van der Waals surface area contributed by atoms with Crippen molar-refractivity contribution >= 4 is 20.3 Å². The Morgan fingerprint density at radius 3 is 2.75 bits per heavy atom. The lowest BCUT2D eigenvalue weighted by Gasteiger charge is -2.03. The van der Waals surface area contributed by atoms with Crippen molar-refractivity contribution in [2.75, 3.05) is 12.0 Å². The number of rotatable bonds is 1. The molecule has 0 radical (unpaired) electrons. The van der Waals surface area contributed by atoms with Crippen LogP contribution in [0.15, 0.2) is 29.2 Å². The smallest absolute Gasteiger partial charge is 0.170 e. The summed E-state index contributed by atoms with van der Waals surface area (Å²) in [5.41, 5.74) is 6.09. The van der Waals surface area contributed by atoms with E-state index in [9.17, 15) is 4.79 Å². The van der Waals surface area contributed by atoms with E-state index in [2.05, 4.69) is 0 Å². The monoisotopic (exact) mass is 182 g/mol. The zero-order valence-electron chi connectivity index (χ0n) is 6.70. The van der Waals surface area contributed by atoms with E-state index in [0.717, 1.165) is 0 Å². The van der Waals surface area contributed by atoms with Gasteiger partial charge in [-0.3, -0.25) is 4.78 Å². The van der Waals surface area contributed by atoms with Gasteiger partial charge in [-0.25, -0.2) is 4.79 Å². The van der Waals surface area contributed by atoms with Gasteiger partial charge in [0.25, 0.3) is 0 Å². The third-order valence-corrected chi connectivity index (χ3v) is 3.03. The van der Waals surface area contributed by atoms with E-state index in [1.165, 1.54) is 0 Å². The number of hydrogen-bond acceptors (Lipinski definition) is 3. The second-order valence-electron chi connectivity index (χ2n) is 2.57. The summed E-state index contributed by atoms with van der Waals surface area (Å²) in [6.07, 6.45) is 1.56. The van der Waals surface area contributed by atoms with Crippen LogP contribution in [-0.4, -0.2) is 11.5 Å². The summed E-state index contributed by atoms with van der Waals surface area (Å²) in [6, 6.07) is 6.84. The average Bonchev–Trinajstić information content (AvgIpc) is 2.05. The minimum atomic E-state index is -2.16. The molecule has 0 aliphatic heterocycles. The largest absolute Gasteiger partial charge is 0.399 e. The van der Waals surface area contributed by atoms with Crippen molar-refractivity contribution in [2.45, 2.75) is 4.90 Å². The third-order valence-electron chi connectivity index (χ3n) is 1.50. The van der Waals surface area contributed by atoms with Crippen molar-refractivity contribution in [1.82, 2.24) is 0 Å². The Kier molecular flexibility index (Phi) is 2.22. The lowest BCUT2D eigenvalue weighted by molar-refractivity contribution is 0.571. The molecular weight excluding hydrogens is 172 g/mol. The predicted octanol–water partition coefficient (Wildman–Crippen LogP) is 1.24. The molecule has 0 heterocycles. The number of carbonyl (C=O) groups excluding carboxylic acids is 1. The van der Waals surface area contributed by atoms with Crippen LogP contribution in [0.25, 0.3) is 0 Å². The van der Waals surface area contributed by atoms with Crippen molar-refractivity contribution in [3.8, 4) is 0 Å². The molecule has 0 saturated carbocycles. The number of nitrogen functional groups attached to an aromatic ring is 1. The first-order chi connectivity index (χ1) is 5.56. The zero-order chi connectivity index (χ0) is 9.19. The van der Waals surface area contributed by atoms with E-state index in [1.54, 1.807) is 35.8 Å². The molecule has 1 aromatic carbocycles. The maximum atomic E-state index is 10.4. The predicted molar refractivity (Wildman–Crippen MR) is 50.8 cm³/mol. The molecule has 0 aliphatic carbocycles. The Morgan fingerprint density at radius 1 is 1.58 bits per heavy atom. The minimum absolute atomic E-state index is 0.578. The molecule has 12 heavy (non-hydrogen) atoms. The molecule has 0 spiro atoms. The van der Waals surface area contributed by atoms with E-state index >= 15 is 0 Å². The van der Waals surface area contributed by atoms with Gasteiger partial charge in [-0.1, -0.05) is 6.07 Å². The fourth-order valence-corrected chi connectivity index (χ4v) is 1.64. The van der Waals surface area contributed by atoms with Gasteiger partial charge in [0.1, 0.15) is 0 Å². The maximum Gasteiger partial charge on any atom is 0.170 e. The molecule has 0 amide bonds. The van der Waals surface area contributed by atoms with E-state index in [1.807, 2.05) is 0 Å². The minimum Gasteiger partial charge on any atom is -0.399 e. The summed E-state index contributed by atoms with van der Waals surface area (Å²) in [7, 11) is -2.16. The number of nitrogens with one attached hydrogen (secondary N) is 1. The van der Waals surface area contributed by atoms with Crippen molar-refractivity contribution in [3.63, 3.8) is 0 Å². The van der Waals surface area contributed by atoms with Crippen LogP contribution in [0.3, 0.4) is 0 Å². The van der Waals surface area contributed by atoms with E-state index in [4.69, 9.17) is 10.5 Å². The summed E-state index contributed by atoms with van der Waals surface area (Å²) in [6.45, 7) is 0. The van der Waals surface area contributed by atoms with Crippen LogP contribution in [0.4, 0.5) is 5.69 Å². The second kappa shape index (κ2) is 3.01. The molecule has 0 aliphatic rings. The Balaban J connectivity index is 3.41. The van der Waals surface area contributed by atoms with Gasteiger partial charge in [0.05, 0.1) is 0 Å². The Bertz CT molecular complexity index is 426. The van der Waals surface area contributed by atoms with E-state index in [0.29, 0.717) is 10.6 Å². The SMILES string of the molecule is CS(=N)(=C=O)c1cccc(N)c1. The highest BCUT2D eigenvalue weighted by atomic mass is 32.2. The highest BCUT2D eigenvalue weighted by Crippen LogP contribution is 2.12. The van der Waals surface area contributed by atoms with E-state index < -0.39 is 9.41 Å². The summed E-state index contributed by atoms with van der Waals surface area (Å²) in [5, 5.41) is 1.73. The molecule has 3 N–H and O–H groups in total. The fourth-order valence-electron chi connectivity index (χ4n) is 0.817. The second-order valence-corrected chi connectivity index (χ2v) is 5.05. The Labute approximate surface area is 71.7 Å². The van der Waals surface area contributed by atoms with Crippen LogP contribution < -0.4 is 5.73 Å². The van der Waals surface area contributed by atoms with Gasteiger partial charge < -0.3 is 5.73 Å².